The molecule has 1 aromatic heterocycles. The second-order valence-corrected chi connectivity index (χ2v) is 8.13. The molecule has 28 heavy (non-hydrogen) atoms. The summed E-state index contributed by atoms with van der Waals surface area (Å²) in [6, 6.07) is 4.50. The molecule has 5 N–H and O–H groups in total. The monoisotopic (exact) mass is 389 g/mol. The largest absolute Gasteiger partial charge is 0.368 e. The lowest BCUT2D eigenvalue weighted by atomic mass is 9.79. The van der Waals surface area contributed by atoms with Gasteiger partial charge in [-0.2, -0.15) is 15.0 Å². The van der Waals surface area contributed by atoms with E-state index in [1.54, 1.807) is 13.8 Å². The number of benzene rings is 1. The quantitative estimate of drug-likeness (QED) is 0.637. The molecule has 0 amide bonds. The topological polar surface area (TPSA) is 101 Å². The average Bonchev–Trinajstić information content (AvgIpc) is 3.10. The van der Waals surface area contributed by atoms with Crippen molar-refractivity contribution < 1.29 is 8.78 Å². The van der Waals surface area contributed by atoms with Gasteiger partial charge in [0.05, 0.1) is 5.54 Å². The maximum atomic E-state index is 14.3. The van der Waals surface area contributed by atoms with Gasteiger partial charge < -0.3 is 11.1 Å². The number of hydrazine groups is 1. The molecule has 1 saturated carbocycles. The van der Waals surface area contributed by atoms with E-state index in [4.69, 9.17) is 5.73 Å². The normalized spacial score (nSPS) is 24.8. The summed E-state index contributed by atoms with van der Waals surface area (Å²) in [5.74, 6) is 0.0329. The van der Waals surface area contributed by atoms with Gasteiger partial charge in [-0.1, -0.05) is 12.1 Å². The molecular weight excluding hydrogens is 364 g/mol. The van der Waals surface area contributed by atoms with E-state index in [1.807, 2.05) is 0 Å². The Morgan fingerprint density at radius 1 is 1.18 bits per heavy atom. The van der Waals surface area contributed by atoms with Crippen molar-refractivity contribution in [1.29, 1.82) is 0 Å². The van der Waals surface area contributed by atoms with Crippen LogP contribution < -0.4 is 21.9 Å². The fourth-order valence-corrected chi connectivity index (χ4v) is 4.19. The third-order valence-corrected chi connectivity index (χ3v) is 5.73. The minimum Gasteiger partial charge on any atom is -0.368 e. The minimum absolute atomic E-state index is 0.114. The number of aromatic nitrogens is 3. The summed E-state index contributed by atoms with van der Waals surface area (Å²) in [7, 11) is 0. The molecule has 150 valence electrons. The molecule has 2 aliphatic rings. The van der Waals surface area contributed by atoms with Crippen LogP contribution in [0.2, 0.25) is 0 Å². The number of fused-ring (bicyclic) bond motifs is 1. The Morgan fingerprint density at radius 2 is 2.00 bits per heavy atom. The highest BCUT2D eigenvalue weighted by molar-refractivity contribution is 5.39. The van der Waals surface area contributed by atoms with Crippen LogP contribution in [-0.4, -0.2) is 27.5 Å². The smallest absolute Gasteiger partial charge is 0.228 e. The van der Waals surface area contributed by atoms with Gasteiger partial charge in [-0.15, -0.1) is 0 Å². The summed E-state index contributed by atoms with van der Waals surface area (Å²) in [4.78, 5) is 13.1. The molecule has 1 aromatic carbocycles. The predicted octanol–water partition coefficient (Wildman–Crippen LogP) is 2.44. The van der Waals surface area contributed by atoms with Crippen LogP contribution >= 0.6 is 0 Å². The first-order valence-corrected chi connectivity index (χ1v) is 9.56. The Kier molecular flexibility index (Phi) is 4.88. The molecule has 2 aromatic rings. The molecule has 9 heteroatoms. The second kappa shape index (κ2) is 7.21. The van der Waals surface area contributed by atoms with Gasteiger partial charge in [0.15, 0.2) is 11.6 Å². The van der Waals surface area contributed by atoms with Crippen molar-refractivity contribution in [2.75, 3.05) is 17.6 Å². The molecule has 4 rings (SSSR count). The molecule has 3 unspecified atom stereocenters. The molecule has 2 heterocycles. The van der Waals surface area contributed by atoms with Gasteiger partial charge in [-0.05, 0) is 45.1 Å². The van der Waals surface area contributed by atoms with Gasteiger partial charge in [0, 0.05) is 24.1 Å². The number of hydrogen-bond acceptors (Lipinski definition) is 7. The van der Waals surface area contributed by atoms with Crippen LogP contribution in [0, 0.1) is 17.6 Å². The van der Waals surface area contributed by atoms with Crippen LogP contribution in [0.4, 0.5) is 20.7 Å². The van der Waals surface area contributed by atoms with E-state index in [-0.39, 0.29) is 23.4 Å². The molecule has 0 bridgehead atoms. The van der Waals surface area contributed by atoms with Crippen molar-refractivity contribution in [3.8, 4) is 0 Å². The molecule has 1 aliphatic carbocycles. The van der Waals surface area contributed by atoms with Crippen molar-refractivity contribution in [3.63, 3.8) is 0 Å². The predicted molar refractivity (Wildman–Crippen MR) is 102 cm³/mol. The van der Waals surface area contributed by atoms with E-state index >= 15 is 0 Å². The minimum atomic E-state index is -0.939. The van der Waals surface area contributed by atoms with Gasteiger partial charge in [0.25, 0.3) is 0 Å². The number of anilines is 2. The van der Waals surface area contributed by atoms with Crippen LogP contribution in [-0.2, 0) is 5.54 Å². The van der Waals surface area contributed by atoms with Crippen molar-refractivity contribution in [2.24, 2.45) is 5.92 Å². The van der Waals surface area contributed by atoms with Crippen molar-refractivity contribution >= 4 is 11.9 Å². The van der Waals surface area contributed by atoms with Gasteiger partial charge in [0.2, 0.25) is 11.9 Å². The van der Waals surface area contributed by atoms with Gasteiger partial charge in [-0.3, -0.25) is 10.9 Å². The molecule has 1 aliphatic heterocycles. The van der Waals surface area contributed by atoms with Crippen molar-refractivity contribution in [2.45, 2.75) is 50.6 Å². The number of nitrogen functional groups attached to an aromatic ring is 1. The van der Waals surface area contributed by atoms with Crippen molar-refractivity contribution in [3.05, 3.63) is 41.2 Å². The summed E-state index contributed by atoms with van der Waals surface area (Å²) >= 11 is 0. The number of nitrogens with two attached hydrogens (primary N) is 1. The molecular formula is C19H25F2N7. The summed E-state index contributed by atoms with van der Waals surface area (Å²) in [5, 5.41) is 3.09. The Labute approximate surface area is 162 Å². The SMILES string of the molecule is CC(C)(Nc1nc(N)nc(C2CCC3CNNC3C2)n1)c1cccc(F)c1F. The number of nitrogens with zero attached hydrogens (tertiary/aromatic N) is 3. The Bertz CT molecular complexity index is 873. The van der Waals surface area contributed by atoms with Gasteiger partial charge in [0.1, 0.15) is 5.82 Å². The lowest BCUT2D eigenvalue weighted by Crippen LogP contribution is -2.36. The zero-order valence-electron chi connectivity index (χ0n) is 16.0. The third-order valence-electron chi connectivity index (χ3n) is 5.73. The van der Waals surface area contributed by atoms with Crippen LogP contribution in [0.5, 0.6) is 0 Å². The van der Waals surface area contributed by atoms with E-state index in [1.165, 1.54) is 12.1 Å². The Hall–Kier alpha value is -2.39. The van der Waals surface area contributed by atoms with Crippen molar-refractivity contribution in [1.82, 2.24) is 25.8 Å². The number of hydrogen-bond donors (Lipinski definition) is 4. The van der Waals surface area contributed by atoms with Crippen LogP contribution in [0.15, 0.2) is 18.2 Å². The summed E-state index contributed by atoms with van der Waals surface area (Å²) in [6.07, 6.45) is 2.99. The van der Waals surface area contributed by atoms with E-state index < -0.39 is 17.2 Å². The first kappa shape index (κ1) is 18.9. The summed E-state index contributed by atoms with van der Waals surface area (Å²) in [5.41, 5.74) is 11.7. The molecule has 3 atom stereocenters. The Morgan fingerprint density at radius 3 is 2.82 bits per heavy atom. The molecule has 7 nitrogen and oxygen atoms in total. The average molecular weight is 389 g/mol. The fourth-order valence-electron chi connectivity index (χ4n) is 4.19. The van der Waals surface area contributed by atoms with E-state index in [0.29, 0.717) is 17.8 Å². The molecule has 2 fully saturated rings. The standard InChI is InChI=1S/C19H25F2N7/c1-19(2,12-4-3-5-13(20)15(12)21)27-18-25-16(24-17(22)26-18)10-6-7-11-9-23-28-14(11)8-10/h3-5,10-11,14,23,28H,6-9H2,1-2H3,(H3,22,24,25,26,27). The van der Waals surface area contributed by atoms with Gasteiger partial charge in [-0.25, -0.2) is 8.78 Å². The number of nitrogens with one attached hydrogen (secondary N) is 3. The summed E-state index contributed by atoms with van der Waals surface area (Å²) in [6.45, 7) is 4.46. The Balaban J connectivity index is 1.58. The maximum Gasteiger partial charge on any atom is 0.228 e. The fraction of sp³-hybridized carbons (Fsp3) is 0.526. The first-order chi connectivity index (χ1) is 13.3. The number of halogens is 2. The second-order valence-electron chi connectivity index (χ2n) is 8.13. The third kappa shape index (κ3) is 3.64. The highest BCUT2D eigenvalue weighted by Gasteiger charge is 2.36. The zero-order chi connectivity index (χ0) is 19.9. The van der Waals surface area contributed by atoms with Crippen LogP contribution in [0.25, 0.3) is 0 Å². The van der Waals surface area contributed by atoms with E-state index in [0.717, 1.165) is 31.9 Å². The molecule has 0 spiro atoms. The zero-order valence-corrected chi connectivity index (χ0v) is 16.0. The van der Waals surface area contributed by atoms with E-state index in [9.17, 15) is 8.78 Å². The highest BCUT2D eigenvalue weighted by atomic mass is 19.2. The molecule has 0 radical (unpaired) electrons. The first-order valence-electron chi connectivity index (χ1n) is 9.56. The van der Waals surface area contributed by atoms with Crippen LogP contribution in [0.1, 0.15) is 50.4 Å². The van der Waals surface area contributed by atoms with Gasteiger partial charge >= 0.3 is 0 Å². The summed E-state index contributed by atoms with van der Waals surface area (Å²) < 4.78 is 27.9. The highest BCUT2D eigenvalue weighted by Crippen LogP contribution is 2.36. The van der Waals surface area contributed by atoms with Crippen LogP contribution in [0.3, 0.4) is 0 Å². The van der Waals surface area contributed by atoms with E-state index in [2.05, 4.69) is 31.1 Å². The number of rotatable bonds is 4. The maximum absolute atomic E-state index is 14.3. The molecule has 1 saturated heterocycles. The lowest BCUT2D eigenvalue weighted by Gasteiger charge is -2.31. The lowest BCUT2D eigenvalue weighted by molar-refractivity contribution is 0.296.